The van der Waals surface area contributed by atoms with Gasteiger partial charge in [-0.1, -0.05) is 33.1 Å². The second-order valence-electron chi connectivity index (χ2n) is 3.44. The normalized spacial score (nSPS) is 37.8. The summed E-state index contributed by atoms with van der Waals surface area (Å²) < 4.78 is 15.1. The van der Waals surface area contributed by atoms with Crippen molar-refractivity contribution in [3.63, 3.8) is 0 Å². The van der Waals surface area contributed by atoms with E-state index in [-0.39, 0.29) is 5.41 Å². The highest BCUT2D eigenvalue weighted by atomic mass is 14.3. The summed E-state index contributed by atoms with van der Waals surface area (Å²) in [5.74, 6) is 0. The summed E-state index contributed by atoms with van der Waals surface area (Å²) >= 11 is 0. The van der Waals surface area contributed by atoms with Crippen LogP contribution in [-0.2, 0) is 0 Å². The van der Waals surface area contributed by atoms with Gasteiger partial charge in [0.25, 0.3) is 0 Å². The fourth-order valence-electron chi connectivity index (χ4n) is 1.21. The SMILES string of the molecule is [2H]C1([2H])CCCC(C)(C)C1. The Hall–Kier alpha value is 0. The maximum atomic E-state index is 7.55. The summed E-state index contributed by atoms with van der Waals surface area (Å²) in [5, 5.41) is 0. The topological polar surface area (TPSA) is 0 Å². The zero-order valence-electron chi connectivity index (χ0n) is 7.83. The van der Waals surface area contributed by atoms with Crippen LogP contribution in [0.4, 0.5) is 0 Å². The Morgan fingerprint density at radius 1 is 1.25 bits per heavy atom. The number of hydrogen-bond acceptors (Lipinski definition) is 0. The van der Waals surface area contributed by atoms with Gasteiger partial charge in [0.05, 0.1) is 0 Å². The Bertz CT molecular complexity index is 113. The number of rotatable bonds is 0. The van der Waals surface area contributed by atoms with Crippen molar-refractivity contribution in [3.05, 3.63) is 0 Å². The van der Waals surface area contributed by atoms with Gasteiger partial charge < -0.3 is 0 Å². The molecule has 8 heavy (non-hydrogen) atoms. The van der Waals surface area contributed by atoms with Crippen LogP contribution in [0, 0.1) is 5.41 Å². The summed E-state index contributed by atoms with van der Waals surface area (Å²) in [6.07, 6.45) is 2.85. The van der Waals surface area contributed by atoms with Crippen molar-refractivity contribution in [1.82, 2.24) is 0 Å². The molecule has 0 aromatic heterocycles. The average Bonchev–Trinajstić information content (AvgIpc) is 1.56. The largest absolute Gasteiger partial charge is 0.0599 e. The zero-order chi connectivity index (χ0) is 7.83. The van der Waals surface area contributed by atoms with Crippen molar-refractivity contribution in [2.24, 2.45) is 5.41 Å². The lowest BCUT2D eigenvalue weighted by Crippen LogP contribution is -2.14. The van der Waals surface area contributed by atoms with Crippen LogP contribution in [0.3, 0.4) is 0 Å². The van der Waals surface area contributed by atoms with Gasteiger partial charge in [-0.25, -0.2) is 0 Å². The first-order valence-corrected chi connectivity index (χ1v) is 3.41. The van der Waals surface area contributed by atoms with Gasteiger partial charge in [0.15, 0.2) is 0 Å². The van der Waals surface area contributed by atoms with Crippen molar-refractivity contribution in [3.8, 4) is 0 Å². The minimum atomic E-state index is -0.887. The van der Waals surface area contributed by atoms with E-state index in [9.17, 15) is 0 Å². The summed E-state index contributed by atoms with van der Waals surface area (Å²) in [7, 11) is 0. The Morgan fingerprint density at radius 3 is 2.38 bits per heavy atom. The summed E-state index contributed by atoms with van der Waals surface area (Å²) in [4.78, 5) is 0. The first kappa shape index (κ1) is 3.92. The molecule has 0 bridgehead atoms. The highest BCUT2D eigenvalue weighted by molar-refractivity contribution is 4.72. The summed E-state index contributed by atoms with van der Waals surface area (Å²) in [6, 6.07) is 0. The molecule has 0 radical (unpaired) electrons. The lowest BCUT2D eigenvalue weighted by atomic mass is 9.78. The number of hydrogen-bond donors (Lipinski definition) is 0. The molecule has 48 valence electrons. The smallest absolute Gasteiger partial charge is 0.0267 e. The van der Waals surface area contributed by atoms with Crippen LogP contribution in [0.1, 0.15) is 48.6 Å². The molecule has 0 heterocycles. The van der Waals surface area contributed by atoms with E-state index in [0.29, 0.717) is 0 Å². The minimum absolute atomic E-state index is 0.238. The summed E-state index contributed by atoms with van der Waals surface area (Å²) in [6.45, 7) is 4.31. The van der Waals surface area contributed by atoms with Crippen molar-refractivity contribution >= 4 is 0 Å². The van der Waals surface area contributed by atoms with Crippen LogP contribution >= 0.6 is 0 Å². The van der Waals surface area contributed by atoms with E-state index in [2.05, 4.69) is 13.8 Å². The van der Waals surface area contributed by atoms with Crippen LogP contribution in [0.5, 0.6) is 0 Å². The average molecular weight is 114 g/mol. The predicted molar refractivity (Wildman–Crippen MR) is 36.9 cm³/mol. The molecule has 0 unspecified atom stereocenters. The Balaban J connectivity index is 2.56. The lowest BCUT2D eigenvalue weighted by Gasteiger charge is -2.28. The van der Waals surface area contributed by atoms with Crippen LogP contribution in [0.2, 0.25) is 0 Å². The standard InChI is InChI=1S/C8H16/c1-8(2)6-4-3-5-7-8/h3-7H2,1-2H3/i4D2. The second kappa shape index (κ2) is 2.08. The third-order valence-electron chi connectivity index (χ3n) is 1.81. The van der Waals surface area contributed by atoms with Crippen LogP contribution < -0.4 is 0 Å². The molecule has 0 heteroatoms. The Labute approximate surface area is 55.1 Å². The fraction of sp³-hybridized carbons (Fsp3) is 1.00. The van der Waals surface area contributed by atoms with E-state index in [1.54, 1.807) is 0 Å². The third-order valence-corrected chi connectivity index (χ3v) is 1.81. The molecule has 1 aliphatic carbocycles. The van der Waals surface area contributed by atoms with E-state index in [1.165, 1.54) is 6.42 Å². The van der Waals surface area contributed by atoms with E-state index in [1.807, 2.05) is 0 Å². The molecule has 0 aliphatic heterocycles. The molecule has 1 rings (SSSR count). The molecule has 0 spiro atoms. The highest BCUT2D eigenvalue weighted by Crippen LogP contribution is 2.34. The second-order valence-corrected chi connectivity index (χ2v) is 3.44. The van der Waals surface area contributed by atoms with Crippen LogP contribution in [-0.4, -0.2) is 0 Å². The van der Waals surface area contributed by atoms with Gasteiger partial charge in [0.1, 0.15) is 0 Å². The Kier molecular flexibility index (Phi) is 1.02. The van der Waals surface area contributed by atoms with E-state index < -0.39 is 6.37 Å². The maximum absolute atomic E-state index is 7.55. The zero-order valence-corrected chi connectivity index (χ0v) is 5.83. The van der Waals surface area contributed by atoms with Crippen LogP contribution in [0.15, 0.2) is 0 Å². The first-order valence-electron chi connectivity index (χ1n) is 4.41. The fourth-order valence-corrected chi connectivity index (χ4v) is 1.21. The molecular formula is C8H16. The van der Waals surface area contributed by atoms with E-state index in [0.717, 1.165) is 19.3 Å². The van der Waals surface area contributed by atoms with E-state index in [4.69, 9.17) is 2.74 Å². The van der Waals surface area contributed by atoms with Gasteiger partial charge in [-0.3, -0.25) is 0 Å². The van der Waals surface area contributed by atoms with Crippen molar-refractivity contribution < 1.29 is 2.74 Å². The first-order chi connectivity index (χ1) is 4.41. The van der Waals surface area contributed by atoms with Gasteiger partial charge in [-0.15, -0.1) is 0 Å². The molecule has 0 saturated heterocycles. The van der Waals surface area contributed by atoms with Crippen LogP contribution in [0.25, 0.3) is 0 Å². The van der Waals surface area contributed by atoms with Crippen molar-refractivity contribution in [2.75, 3.05) is 0 Å². The Morgan fingerprint density at radius 2 is 2.00 bits per heavy atom. The molecule has 1 saturated carbocycles. The molecule has 1 aliphatic rings. The quantitative estimate of drug-likeness (QED) is 0.454. The molecule has 0 aromatic rings. The van der Waals surface area contributed by atoms with Gasteiger partial charge in [0, 0.05) is 2.74 Å². The molecule has 0 aromatic carbocycles. The van der Waals surface area contributed by atoms with Crippen molar-refractivity contribution in [2.45, 2.75) is 45.9 Å². The van der Waals surface area contributed by atoms with Crippen molar-refractivity contribution in [1.29, 1.82) is 0 Å². The molecule has 0 nitrogen and oxygen atoms in total. The van der Waals surface area contributed by atoms with Gasteiger partial charge in [-0.05, 0) is 18.3 Å². The van der Waals surface area contributed by atoms with Gasteiger partial charge >= 0.3 is 0 Å². The highest BCUT2D eigenvalue weighted by Gasteiger charge is 2.19. The molecule has 0 amide bonds. The monoisotopic (exact) mass is 114 g/mol. The maximum Gasteiger partial charge on any atom is 0.0267 e. The van der Waals surface area contributed by atoms with Gasteiger partial charge in [-0.2, -0.15) is 0 Å². The molecule has 0 N–H and O–H groups in total. The molecule has 0 atom stereocenters. The van der Waals surface area contributed by atoms with Gasteiger partial charge in [0.2, 0.25) is 0 Å². The predicted octanol–water partition coefficient (Wildman–Crippen LogP) is 2.98. The molecule has 1 fully saturated rings. The lowest BCUT2D eigenvalue weighted by molar-refractivity contribution is 0.244. The summed E-state index contributed by atoms with van der Waals surface area (Å²) in [5.41, 5.74) is 0.238. The van der Waals surface area contributed by atoms with E-state index >= 15 is 0 Å². The molecular weight excluding hydrogens is 96.1 g/mol. The minimum Gasteiger partial charge on any atom is -0.0599 e. The third kappa shape index (κ3) is 1.50.